The summed E-state index contributed by atoms with van der Waals surface area (Å²) < 4.78 is 5.45. The van der Waals surface area contributed by atoms with Crippen LogP contribution in [0.1, 0.15) is 45.2 Å². The third kappa shape index (κ3) is 7.68. The lowest BCUT2D eigenvalue weighted by Gasteiger charge is -2.28. The van der Waals surface area contributed by atoms with Gasteiger partial charge >= 0.3 is 5.97 Å². The lowest BCUT2D eigenvalue weighted by atomic mass is 10.1. The van der Waals surface area contributed by atoms with Gasteiger partial charge in [0.25, 0.3) is 0 Å². The summed E-state index contributed by atoms with van der Waals surface area (Å²) in [6, 6.07) is 16.0. The van der Waals surface area contributed by atoms with Gasteiger partial charge in [0, 0.05) is 12.6 Å². The van der Waals surface area contributed by atoms with Gasteiger partial charge in [-0.05, 0) is 57.2 Å². The topological polar surface area (TPSA) is 92.8 Å². The van der Waals surface area contributed by atoms with Crippen LogP contribution in [0.4, 0.5) is 5.69 Å². The fraction of sp³-hybridized carbons (Fsp3) is 0.407. The SMILES string of the molecule is CC(=O)S[C@@H](Cc1ccccc1)C(=O)N[C@@H]1CCc2ccccc2N(CC(=O)OC(C)(C)C)C1=O. The van der Waals surface area contributed by atoms with Gasteiger partial charge in [0.1, 0.15) is 18.2 Å². The van der Waals surface area contributed by atoms with Gasteiger partial charge in [-0.15, -0.1) is 0 Å². The van der Waals surface area contributed by atoms with Crippen LogP contribution in [0.3, 0.4) is 0 Å². The van der Waals surface area contributed by atoms with E-state index in [0.717, 1.165) is 22.9 Å². The molecular weight excluding hydrogens is 464 g/mol. The van der Waals surface area contributed by atoms with Crippen molar-refractivity contribution in [1.82, 2.24) is 5.32 Å². The molecule has 0 bridgehead atoms. The van der Waals surface area contributed by atoms with Crippen molar-refractivity contribution in [3.63, 3.8) is 0 Å². The van der Waals surface area contributed by atoms with Crippen molar-refractivity contribution < 1.29 is 23.9 Å². The van der Waals surface area contributed by atoms with Gasteiger partial charge in [-0.3, -0.25) is 24.1 Å². The van der Waals surface area contributed by atoms with Crippen molar-refractivity contribution in [2.24, 2.45) is 0 Å². The Morgan fingerprint density at radius 1 is 1.09 bits per heavy atom. The number of aryl methyl sites for hydroxylation is 1. The van der Waals surface area contributed by atoms with E-state index in [2.05, 4.69) is 5.32 Å². The molecule has 1 aliphatic rings. The van der Waals surface area contributed by atoms with Crippen LogP contribution in [0.15, 0.2) is 54.6 Å². The van der Waals surface area contributed by atoms with Crippen molar-refractivity contribution >= 4 is 40.3 Å². The van der Waals surface area contributed by atoms with Gasteiger partial charge in [-0.25, -0.2) is 0 Å². The van der Waals surface area contributed by atoms with Gasteiger partial charge in [-0.2, -0.15) is 0 Å². The Labute approximate surface area is 210 Å². The number of rotatable bonds is 7. The highest BCUT2D eigenvalue weighted by Crippen LogP contribution is 2.28. The molecule has 0 saturated carbocycles. The zero-order valence-corrected chi connectivity index (χ0v) is 21.4. The second-order valence-corrected chi connectivity index (χ2v) is 10.9. The number of hydrogen-bond acceptors (Lipinski definition) is 6. The molecule has 7 nitrogen and oxygen atoms in total. The minimum atomic E-state index is -0.830. The number of amides is 2. The predicted octanol–water partition coefficient (Wildman–Crippen LogP) is 3.68. The highest BCUT2D eigenvalue weighted by molar-refractivity contribution is 8.14. The largest absolute Gasteiger partial charge is 0.459 e. The predicted molar refractivity (Wildman–Crippen MR) is 137 cm³/mol. The zero-order valence-electron chi connectivity index (χ0n) is 20.6. The summed E-state index contributed by atoms with van der Waals surface area (Å²) in [5, 5.41) is 2.02. The third-order valence-electron chi connectivity index (χ3n) is 5.44. The van der Waals surface area contributed by atoms with Crippen LogP contribution in [0.2, 0.25) is 0 Å². The first kappa shape index (κ1) is 26.5. The quantitative estimate of drug-likeness (QED) is 0.588. The van der Waals surface area contributed by atoms with Gasteiger partial charge < -0.3 is 10.1 Å². The van der Waals surface area contributed by atoms with Gasteiger partial charge in [0.05, 0.1) is 5.25 Å². The zero-order chi connectivity index (χ0) is 25.6. The van der Waals surface area contributed by atoms with Crippen LogP contribution in [-0.2, 0) is 36.8 Å². The van der Waals surface area contributed by atoms with Crippen molar-refractivity contribution in [2.45, 2.75) is 63.9 Å². The monoisotopic (exact) mass is 496 g/mol. The van der Waals surface area contributed by atoms with Crippen molar-refractivity contribution in [3.8, 4) is 0 Å². The maximum atomic E-state index is 13.6. The fourth-order valence-electron chi connectivity index (χ4n) is 4.00. The summed E-state index contributed by atoms with van der Waals surface area (Å²) in [6.45, 7) is 6.48. The number of thioether (sulfide) groups is 1. The molecule has 2 aromatic rings. The summed E-state index contributed by atoms with van der Waals surface area (Å²) in [4.78, 5) is 52.7. The smallest absolute Gasteiger partial charge is 0.326 e. The number of nitrogens with one attached hydrogen (secondary N) is 1. The number of benzene rings is 2. The first-order chi connectivity index (χ1) is 16.5. The van der Waals surface area contributed by atoms with Crippen LogP contribution in [0.5, 0.6) is 0 Å². The van der Waals surface area contributed by atoms with Crippen molar-refractivity contribution in [1.29, 1.82) is 0 Å². The number of esters is 1. The number of nitrogens with zero attached hydrogens (tertiary/aromatic N) is 1. The van der Waals surface area contributed by atoms with E-state index in [0.29, 0.717) is 24.9 Å². The molecular formula is C27H32N2O5S. The Morgan fingerprint density at radius 3 is 2.40 bits per heavy atom. The molecule has 0 fully saturated rings. The van der Waals surface area contributed by atoms with Crippen LogP contribution < -0.4 is 10.2 Å². The second kappa shape index (κ2) is 11.5. The Hall–Kier alpha value is -3.13. The van der Waals surface area contributed by atoms with Gasteiger partial charge in [0.2, 0.25) is 11.8 Å². The maximum Gasteiger partial charge on any atom is 0.326 e. The van der Waals surface area contributed by atoms with E-state index < -0.39 is 22.9 Å². The Morgan fingerprint density at radius 2 is 1.74 bits per heavy atom. The van der Waals surface area contributed by atoms with Crippen molar-refractivity contribution in [2.75, 3.05) is 11.4 Å². The number of para-hydroxylation sites is 1. The molecule has 1 N–H and O–H groups in total. The van der Waals surface area contributed by atoms with Crippen LogP contribution in [0.25, 0.3) is 0 Å². The molecule has 8 heteroatoms. The van der Waals surface area contributed by atoms with Crippen LogP contribution in [0, 0.1) is 0 Å². The molecule has 186 valence electrons. The summed E-state index contributed by atoms with van der Waals surface area (Å²) in [6.07, 6.45) is 1.30. The third-order valence-corrected chi connectivity index (χ3v) is 6.43. The maximum absolute atomic E-state index is 13.6. The number of anilines is 1. The van der Waals surface area contributed by atoms with Crippen molar-refractivity contribution in [3.05, 3.63) is 65.7 Å². The standard InChI is InChI=1S/C27H32N2O5S/c1-18(30)35-23(16-19-10-6-5-7-11-19)25(32)28-21-15-14-20-12-8-9-13-22(20)29(26(21)33)17-24(31)34-27(2,3)4/h5-13,21,23H,14-17H2,1-4H3,(H,28,32)/t21-,23+/m1/s1. The minimum absolute atomic E-state index is 0.174. The van der Waals surface area contributed by atoms with E-state index in [4.69, 9.17) is 4.74 Å². The lowest BCUT2D eigenvalue weighted by molar-refractivity contribution is -0.153. The highest BCUT2D eigenvalue weighted by atomic mass is 32.2. The lowest BCUT2D eigenvalue weighted by Crippen LogP contribution is -2.52. The van der Waals surface area contributed by atoms with Gasteiger partial charge in [-0.1, -0.05) is 60.3 Å². The van der Waals surface area contributed by atoms with E-state index >= 15 is 0 Å². The molecule has 2 aromatic carbocycles. The molecule has 1 aliphatic heterocycles. The van der Waals surface area contributed by atoms with E-state index in [9.17, 15) is 19.2 Å². The second-order valence-electron chi connectivity index (χ2n) is 9.53. The number of hydrogen-bond donors (Lipinski definition) is 1. The van der Waals surface area contributed by atoms with E-state index in [1.54, 1.807) is 26.8 Å². The highest BCUT2D eigenvalue weighted by Gasteiger charge is 2.35. The normalized spacial score (nSPS) is 16.6. The van der Waals surface area contributed by atoms with E-state index in [1.807, 2.05) is 48.5 Å². The number of fused-ring (bicyclic) bond motifs is 1. The van der Waals surface area contributed by atoms with E-state index in [1.165, 1.54) is 11.8 Å². The average molecular weight is 497 g/mol. The molecule has 0 spiro atoms. The van der Waals surface area contributed by atoms with Crippen LogP contribution >= 0.6 is 11.8 Å². The molecule has 2 atom stereocenters. The Balaban J connectivity index is 1.81. The average Bonchev–Trinajstić information content (AvgIpc) is 2.90. The summed E-state index contributed by atoms with van der Waals surface area (Å²) in [7, 11) is 0. The molecule has 0 radical (unpaired) electrons. The molecule has 0 unspecified atom stereocenters. The Kier molecular flexibility index (Phi) is 8.72. The summed E-state index contributed by atoms with van der Waals surface area (Å²) >= 11 is 0.953. The molecule has 0 aliphatic carbocycles. The van der Waals surface area contributed by atoms with Gasteiger partial charge in [0.15, 0.2) is 5.12 Å². The number of carbonyl (C=O) groups excluding carboxylic acids is 4. The number of ether oxygens (including phenoxy) is 1. The molecule has 35 heavy (non-hydrogen) atoms. The molecule has 0 aromatic heterocycles. The molecule has 2 amide bonds. The molecule has 0 saturated heterocycles. The summed E-state index contributed by atoms with van der Waals surface area (Å²) in [5.74, 6) is -1.28. The molecule has 3 rings (SSSR count). The first-order valence-electron chi connectivity index (χ1n) is 11.7. The Bertz CT molecular complexity index is 1080. The number of carbonyl (C=O) groups is 4. The minimum Gasteiger partial charge on any atom is -0.459 e. The summed E-state index contributed by atoms with van der Waals surface area (Å²) in [5.41, 5.74) is 1.79. The van der Waals surface area contributed by atoms with Crippen LogP contribution in [-0.4, -0.2) is 46.3 Å². The first-order valence-corrected chi connectivity index (χ1v) is 12.5. The molecule has 1 heterocycles. The van der Waals surface area contributed by atoms with E-state index in [-0.39, 0.29) is 23.5 Å². The fourth-order valence-corrected chi connectivity index (χ4v) is 4.85.